The Balaban J connectivity index is 3.88. The van der Waals surface area contributed by atoms with Crippen molar-refractivity contribution in [3.05, 3.63) is 0 Å². The van der Waals surface area contributed by atoms with Gasteiger partial charge in [-0.3, -0.25) is 4.79 Å². The van der Waals surface area contributed by atoms with Crippen molar-refractivity contribution >= 4 is 11.8 Å². The SMILES string of the molecule is CCCCNC(=O)NC(C)(C)C(C)=O. The zero-order valence-electron chi connectivity index (χ0n) is 9.44. The molecule has 2 N–H and O–H groups in total. The molecule has 4 heteroatoms. The van der Waals surface area contributed by atoms with Crippen molar-refractivity contribution in [2.45, 2.75) is 46.1 Å². The first-order chi connectivity index (χ1) is 6.40. The van der Waals surface area contributed by atoms with Crippen LogP contribution in [0.25, 0.3) is 0 Å². The van der Waals surface area contributed by atoms with Gasteiger partial charge in [0.1, 0.15) is 0 Å². The maximum absolute atomic E-state index is 11.3. The maximum atomic E-state index is 11.3. The van der Waals surface area contributed by atoms with Gasteiger partial charge in [0.2, 0.25) is 0 Å². The lowest BCUT2D eigenvalue weighted by atomic mass is 10.0. The minimum atomic E-state index is -0.781. The van der Waals surface area contributed by atoms with Crippen molar-refractivity contribution < 1.29 is 9.59 Å². The Morgan fingerprint density at radius 3 is 2.29 bits per heavy atom. The van der Waals surface area contributed by atoms with Crippen LogP contribution in [0.5, 0.6) is 0 Å². The number of hydrogen-bond donors (Lipinski definition) is 2. The van der Waals surface area contributed by atoms with Gasteiger partial charge in [0, 0.05) is 6.54 Å². The summed E-state index contributed by atoms with van der Waals surface area (Å²) >= 11 is 0. The van der Waals surface area contributed by atoms with Gasteiger partial charge in [-0.2, -0.15) is 0 Å². The van der Waals surface area contributed by atoms with Crippen LogP contribution in [0.2, 0.25) is 0 Å². The van der Waals surface area contributed by atoms with Gasteiger partial charge in [0.05, 0.1) is 5.54 Å². The van der Waals surface area contributed by atoms with E-state index in [1.165, 1.54) is 6.92 Å². The van der Waals surface area contributed by atoms with E-state index < -0.39 is 5.54 Å². The zero-order chi connectivity index (χ0) is 11.2. The number of nitrogens with one attached hydrogen (secondary N) is 2. The normalized spacial score (nSPS) is 10.9. The zero-order valence-corrected chi connectivity index (χ0v) is 9.44. The minimum absolute atomic E-state index is 0.0526. The minimum Gasteiger partial charge on any atom is -0.338 e. The van der Waals surface area contributed by atoms with Crippen LogP contribution in [0.4, 0.5) is 4.79 Å². The molecule has 0 aliphatic heterocycles. The molecule has 0 radical (unpaired) electrons. The number of urea groups is 1. The molecule has 0 spiro atoms. The lowest BCUT2D eigenvalue weighted by molar-refractivity contribution is -0.121. The monoisotopic (exact) mass is 200 g/mol. The van der Waals surface area contributed by atoms with Gasteiger partial charge in [0.25, 0.3) is 0 Å². The summed E-state index contributed by atoms with van der Waals surface area (Å²) in [4.78, 5) is 22.4. The highest BCUT2D eigenvalue weighted by molar-refractivity contribution is 5.90. The number of rotatable bonds is 5. The molecule has 14 heavy (non-hydrogen) atoms. The topological polar surface area (TPSA) is 58.2 Å². The third kappa shape index (κ3) is 4.84. The van der Waals surface area contributed by atoms with Crippen LogP contribution >= 0.6 is 0 Å². The number of carbonyl (C=O) groups excluding carboxylic acids is 2. The van der Waals surface area contributed by atoms with E-state index in [2.05, 4.69) is 17.6 Å². The van der Waals surface area contributed by atoms with Crippen molar-refractivity contribution in [3.8, 4) is 0 Å². The van der Waals surface area contributed by atoms with Crippen molar-refractivity contribution in [1.29, 1.82) is 0 Å². The van der Waals surface area contributed by atoms with Crippen molar-refractivity contribution in [3.63, 3.8) is 0 Å². The molecule has 0 unspecified atom stereocenters. The summed E-state index contributed by atoms with van der Waals surface area (Å²) in [5, 5.41) is 5.31. The third-order valence-electron chi connectivity index (χ3n) is 2.12. The first-order valence-electron chi connectivity index (χ1n) is 4.97. The Kier molecular flexibility index (Phi) is 5.20. The van der Waals surface area contributed by atoms with Crippen molar-refractivity contribution in [1.82, 2.24) is 10.6 Å². The summed E-state index contributed by atoms with van der Waals surface area (Å²) in [6.07, 6.45) is 1.99. The van der Waals surface area contributed by atoms with Gasteiger partial charge in [0.15, 0.2) is 5.78 Å². The fourth-order valence-electron chi connectivity index (χ4n) is 0.795. The number of hydrogen-bond acceptors (Lipinski definition) is 2. The van der Waals surface area contributed by atoms with Crippen molar-refractivity contribution in [2.24, 2.45) is 0 Å². The van der Waals surface area contributed by atoms with Crippen LogP contribution in [0.3, 0.4) is 0 Å². The molecule has 0 atom stereocenters. The lowest BCUT2D eigenvalue weighted by Gasteiger charge is -2.23. The van der Waals surface area contributed by atoms with Crippen LogP contribution < -0.4 is 10.6 Å². The molecule has 82 valence electrons. The number of amides is 2. The van der Waals surface area contributed by atoms with E-state index in [1.54, 1.807) is 13.8 Å². The standard InChI is InChI=1S/C10H20N2O2/c1-5-6-7-11-9(14)12-10(3,4)8(2)13/h5-7H2,1-4H3,(H2,11,12,14). The van der Waals surface area contributed by atoms with Crippen LogP contribution in [-0.4, -0.2) is 23.9 Å². The maximum Gasteiger partial charge on any atom is 0.315 e. The summed E-state index contributed by atoms with van der Waals surface area (Å²) in [5.74, 6) is -0.0526. The molecule has 0 rings (SSSR count). The summed E-state index contributed by atoms with van der Waals surface area (Å²) in [5.41, 5.74) is -0.781. The van der Waals surface area contributed by atoms with Gasteiger partial charge in [-0.1, -0.05) is 13.3 Å². The molecule has 0 aliphatic rings. The number of carbonyl (C=O) groups is 2. The summed E-state index contributed by atoms with van der Waals surface area (Å²) in [6.45, 7) is 7.55. The van der Waals surface area contributed by atoms with Gasteiger partial charge in [-0.15, -0.1) is 0 Å². The second-order valence-electron chi connectivity index (χ2n) is 3.92. The molecular formula is C10H20N2O2. The van der Waals surface area contributed by atoms with Crippen LogP contribution in [0, 0.1) is 0 Å². The summed E-state index contributed by atoms with van der Waals surface area (Å²) < 4.78 is 0. The second kappa shape index (κ2) is 5.62. The number of Topliss-reactive ketones (excluding diaryl/α,β-unsaturated/α-hetero) is 1. The molecule has 0 bridgehead atoms. The molecule has 0 aliphatic carbocycles. The Morgan fingerprint density at radius 2 is 1.86 bits per heavy atom. The quantitative estimate of drug-likeness (QED) is 0.660. The predicted octanol–water partition coefficient (Wildman–Crippen LogP) is 1.45. The van der Waals surface area contributed by atoms with Crippen LogP contribution in [-0.2, 0) is 4.79 Å². The van der Waals surface area contributed by atoms with E-state index in [-0.39, 0.29) is 11.8 Å². The molecule has 0 saturated heterocycles. The smallest absolute Gasteiger partial charge is 0.315 e. The van der Waals surface area contributed by atoms with E-state index in [1.807, 2.05) is 0 Å². The predicted molar refractivity (Wildman–Crippen MR) is 56.2 cm³/mol. The fourth-order valence-corrected chi connectivity index (χ4v) is 0.795. The average molecular weight is 200 g/mol. The van der Waals surface area contributed by atoms with Gasteiger partial charge < -0.3 is 10.6 Å². The Bertz CT molecular complexity index is 212. The van der Waals surface area contributed by atoms with E-state index >= 15 is 0 Å². The lowest BCUT2D eigenvalue weighted by Crippen LogP contribution is -2.52. The summed E-state index contributed by atoms with van der Waals surface area (Å²) in [7, 11) is 0. The van der Waals surface area contributed by atoms with Gasteiger partial charge in [-0.25, -0.2) is 4.79 Å². The molecule has 4 nitrogen and oxygen atoms in total. The van der Waals surface area contributed by atoms with E-state index in [0.717, 1.165) is 12.8 Å². The Hall–Kier alpha value is -1.06. The first-order valence-corrected chi connectivity index (χ1v) is 4.97. The van der Waals surface area contributed by atoms with Gasteiger partial charge in [-0.05, 0) is 27.2 Å². The van der Waals surface area contributed by atoms with E-state index in [9.17, 15) is 9.59 Å². The third-order valence-corrected chi connectivity index (χ3v) is 2.12. The highest BCUT2D eigenvalue weighted by Gasteiger charge is 2.25. The molecule has 0 fully saturated rings. The molecule has 2 amide bonds. The molecule has 0 heterocycles. The van der Waals surface area contributed by atoms with E-state index in [0.29, 0.717) is 6.54 Å². The molecule has 0 aromatic rings. The number of unbranched alkanes of at least 4 members (excludes halogenated alkanes) is 1. The Morgan fingerprint density at radius 1 is 1.29 bits per heavy atom. The van der Waals surface area contributed by atoms with E-state index in [4.69, 9.17) is 0 Å². The highest BCUT2D eigenvalue weighted by atomic mass is 16.2. The summed E-state index contributed by atoms with van der Waals surface area (Å²) in [6, 6.07) is -0.279. The first kappa shape index (κ1) is 12.9. The highest BCUT2D eigenvalue weighted by Crippen LogP contribution is 2.02. The Labute approximate surface area is 85.4 Å². The van der Waals surface area contributed by atoms with Crippen LogP contribution in [0.15, 0.2) is 0 Å². The molecule has 0 aromatic heterocycles. The van der Waals surface area contributed by atoms with Crippen LogP contribution in [0.1, 0.15) is 40.5 Å². The van der Waals surface area contributed by atoms with Crippen molar-refractivity contribution in [2.75, 3.05) is 6.54 Å². The molecular weight excluding hydrogens is 180 g/mol. The average Bonchev–Trinajstić information content (AvgIpc) is 2.03. The second-order valence-corrected chi connectivity index (χ2v) is 3.92. The molecule has 0 saturated carbocycles. The molecule has 0 aromatic carbocycles. The number of ketones is 1. The van der Waals surface area contributed by atoms with Gasteiger partial charge >= 0.3 is 6.03 Å². The largest absolute Gasteiger partial charge is 0.338 e. The fraction of sp³-hybridized carbons (Fsp3) is 0.800.